The first-order valence-corrected chi connectivity index (χ1v) is 12.6. The Morgan fingerprint density at radius 2 is 2.00 bits per heavy atom. The number of hydrogen-bond acceptors (Lipinski definition) is 7. The molecular formula is C24H31F2N5O3S. The van der Waals surface area contributed by atoms with Gasteiger partial charge in [-0.25, -0.2) is 18.7 Å². The highest BCUT2D eigenvalue weighted by Gasteiger charge is 2.34. The number of likely N-dealkylation sites (tertiary alicyclic amines) is 1. The number of anilines is 1. The van der Waals surface area contributed by atoms with Gasteiger partial charge in [-0.15, -0.1) is 11.3 Å². The van der Waals surface area contributed by atoms with Crippen molar-refractivity contribution >= 4 is 29.0 Å². The third-order valence-electron chi connectivity index (χ3n) is 6.20. The topological polar surface area (TPSA) is 107 Å². The van der Waals surface area contributed by atoms with E-state index in [4.69, 9.17) is 0 Å². The van der Waals surface area contributed by atoms with E-state index in [2.05, 4.69) is 20.6 Å². The van der Waals surface area contributed by atoms with Gasteiger partial charge in [-0.05, 0) is 59.4 Å². The van der Waals surface area contributed by atoms with Crippen molar-refractivity contribution in [1.82, 2.24) is 20.2 Å². The molecule has 2 aromatic rings. The molecule has 2 aromatic heterocycles. The van der Waals surface area contributed by atoms with Crippen LogP contribution < -0.4 is 10.6 Å². The largest absolute Gasteiger partial charge is 0.393 e. The van der Waals surface area contributed by atoms with E-state index >= 15 is 0 Å². The Hall–Kier alpha value is -2.66. The number of aromatic nitrogens is 2. The van der Waals surface area contributed by atoms with Gasteiger partial charge in [-0.1, -0.05) is 0 Å². The maximum Gasteiger partial charge on any atom is 0.280 e. The van der Waals surface area contributed by atoms with Crippen molar-refractivity contribution in [3.8, 4) is 10.4 Å². The number of alkyl halides is 2. The van der Waals surface area contributed by atoms with Gasteiger partial charge in [0.25, 0.3) is 18.2 Å². The van der Waals surface area contributed by atoms with Crippen LogP contribution in [0.15, 0.2) is 12.3 Å². The Morgan fingerprint density at radius 1 is 1.29 bits per heavy atom. The van der Waals surface area contributed by atoms with E-state index < -0.39 is 18.4 Å². The van der Waals surface area contributed by atoms with Crippen LogP contribution in [-0.4, -0.2) is 62.1 Å². The SMILES string of the molecule is C[C@H]1CCCN1C(=O)c1nc(C(=O)NC2CC(O)C2)sc1-c1cnc(NC(C)(C)C)cc1C(F)F. The molecule has 190 valence electrons. The van der Waals surface area contributed by atoms with Gasteiger partial charge in [0.1, 0.15) is 11.5 Å². The number of carbonyl (C=O) groups excluding carboxylic acids is 2. The number of amides is 2. The first-order chi connectivity index (χ1) is 16.4. The number of thiazole rings is 1. The number of aliphatic hydroxyl groups is 1. The highest BCUT2D eigenvalue weighted by molar-refractivity contribution is 7.17. The summed E-state index contributed by atoms with van der Waals surface area (Å²) in [6.45, 7) is 8.17. The Labute approximate surface area is 207 Å². The maximum atomic E-state index is 14.2. The highest BCUT2D eigenvalue weighted by atomic mass is 32.1. The van der Waals surface area contributed by atoms with Crippen LogP contribution in [0.5, 0.6) is 0 Å². The predicted molar refractivity (Wildman–Crippen MR) is 130 cm³/mol. The number of nitrogens with zero attached hydrogens (tertiary/aromatic N) is 3. The Balaban J connectivity index is 1.75. The number of pyridine rings is 1. The van der Waals surface area contributed by atoms with Crippen molar-refractivity contribution in [2.45, 2.75) is 83.5 Å². The minimum absolute atomic E-state index is 0.00292. The van der Waals surface area contributed by atoms with Gasteiger partial charge in [0.2, 0.25) is 0 Å². The quantitative estimate of drug-likeness (QED) is 0.540. The molecule has 4 rings (SSSR count). The molecule has 0 aromatic carbocycles. The standard InChI is InChI=1S/C24H31F2N5O3S/c1-12-6-5-7-31(12)23(34)18-19(35-22(29-18)21(33)28-13-8-14(32)9-13)16-11-27-17(30-24(2,3)4)10-15(16)20(25)26/h10-14,20,32H,5-9H2,1-4H3,(H,27,30)(H,28,33)/t12-,13?,14?/m0/s1. The summed E-state index contributed by atoms with van der Waals surface area (Å²) in [7, 11) is 0. The second-order valence-electron chi connectivity index (χ2n) is 10.3. The summed E-state index contributed by atoms with van der Waals surface area (Å²) in [5, 5.41) is 15.4. The molecule has 3 N–H and O–H groups in total. The first kappa shape index (κ1) is 25.4. The molecule has 1 saturated carbocycles. The van der Waals surface area contributed by atoms with E-state index in [0.29, 0.717) is 25.2 Å². The summed E-state index contributed by atoms with van der Waals surface area (Å²) < 4.78 is 28.4. The molecule has 1 aliphatic carbocycles. The molecule has 3 heterocycles. The van der Waals surface area contributed by atoms with Crippen LogP contribution in [0.3, 0.4) is 0 Å². The highest BCUT2D eigenvalue weighted by Crippen LogP contribution is 2.39. The van der Waals surface area contributed by atoms with E-state index in [1.807, 2.05) is 27.7 Å². The normalized spacial score (nSPS) is 22.3. The zero-order valence-electron chi connectivity index (χ0n) is 20.3. The molecular weight excluding hydrogens is 476 g/mol. The summed E-state index contributed by atoms with van der Waals surface area (Å²) in [5.74, 6) is -0.570. The van der Waals surface area contributed by atoms with E-state index in [-0.39, 0.29) is 50.2 Å². The average Bonchev–Trinajstić information content (AvgIpc) is 3.37. The molecule has 2 fully saturated rings. The number of aliphatic hydroxyl groups excluding tert-OH is 1. The molecule has 35 heavy (non-hydrogen) atoms. The van der Waals surface area contributed by atoms with Crippen molar-refractivity contribution < 1.29 is 23.5 Å². The summed E-state index contributed by atoms with van der Waals surface area (Å²) in [5.41, 5.74) is -0.591. The van der Waals surface area contributed by atoms with E-state index in [1.54, 1.807) is 4.90 Å². The van der Waals surface area contributed by atoms with Gasteiger partial charge in [-0.2, -0.15) is 0 Å². The molecule has 1 atom stereocenters. The van der Waals surface area contributed by atoms with Gasteiger partial charge >= 0.3 is 0 Å². The molecule has 1 aliphatic heterocycles. The van der Waals surface area contributed by atoms with Crippen molar-refractivity contribution in [3.05, 3.63) is 28.5 Å². The summed E-state index contributed by atoms with van der Waals surface area (Å²) in [6, 6.07) is 1.10. The molecule has 1 saturated heterocycles. The summed E-state index contributed by atoms with van der Waals surface area (Å²) in [6.07, 6.45) is 0.641. The minimum Gasteiger partial charge on any atom is -0.393 e. The molecule has 0 radical (unpaired) electrons. The molecule has 11 heteroatoms. The number of nitrogens with one attached hydrogen (secondary N) is 2. The van der Waals surface area contributed by atoms with Crippen molar-refractivity contribution in [2.24, 2.45) is 0 Å². The van der Waals surface area contributed by atoms with Crippen LogP contribution in [0.4, 0.5) is 14.6 Å². The Kier molecular flexibility index (Phi) is 7.10. The fraction of sp³-hybridized carbons (Fsp3) is 0.583. The molecule has 2 aliphatic rings. The summed E-state index contributed by atoms with van der Waals surface area (Å²) in [4.78, 5) is 36.8. The number of halogens is 2. The van der Waals surface area contributed by atoms with E-state index in [1.165, 1.54) is 12.3 Å². The van der Waals surface area contributed by atoms with Crippen molar-refractivity contribution in [2.75, 3.05) is 11.9 Å². The van der Waals surface area contributed by atoms with E-state index in [0.717, 1.165) is 24.2 Å². The molecule has 0 spiro atoms. The zero-order valence-corrected chi connectivity index (χ0v) is 21.1. The predicted octanol–water partition coefficient (Wildman–Crippen LogP) is 4.23. The smallest absolute Gasteiger partial charge is 0.280 e. The Morgan fingerprint density at radius 3 is 2.57 bits per heavy atom. The number of hydrogen-bond donors (Lipinski definition) is 3. The lowest BCUT2D eigenvalue weighted by atomic mass is 9.89. The first-order valence-electron chi connectivity index (χ1n) is 11.8. The monoisotopic (exact) mass is 507 g/mol. The molecule has 0 unspecified atom stereocenters. The lowest BCUT2D eigenvalue weighted by molar-refractivity contribution is 0.0562. The third kappa shape index (κ3) is 5.61. The van der Waals surface area contributed by atoms with E-state index in [9.17, 15) is 23.5 Å². The van der Waals surface area contributed by atoms with Gasteiger partial charge < -0.3 is 20.6 Å². The summed E-state index contributed by atoms with van der Waals surface area (Å²) >= 11 is 0.910. The van der Waals surface area contributed by atoms with Crippen molar-refractivity contribution in [3.63, 3.8) is 0 Å². The van der Waals surface area contributed by atoms with Crippen LogP contribution in [0, 0.1) is 0 Å². The van der Waals surface area contributed by atoms with Crippen LogP contribution in [0.1, 0.15) is 85.7 Å². The van der Waals surface area contributed by atoms with Crippen LogP contribution >= 0.6 is 11.3 Å². The second-order valence-corrected chi connectivity index (χ2v) is 11.3. The maximum absolute atomic E-state index is 14.2. The zero-order chi connectivity index (χ0) is 25.5. The fourth-order valence-corrected chi connectivity index (χ4v) is 5.35. The average molecular weight is 508 g/mol. The van der Waals surface area contributed by atoms with Crippen molar-refractivity contribution in [1.29, 1.82) is 0 Å². The fourth-order valence-electron chi connectivity index (χ4n) is 4.36. The van der Waals surface area contributed by atoms with Crippen LogP contribution in [0.25, 0.3) is 10.4 Å². The van der Waals surface area contributed by atoms with Gasteiger partial charge in [0.05, 0.1) is 11.0 Å². The van der Waals surface area contributed by atoms with Gasteiger partial charge in [-0.3, -0.25) is 9.59 Å². The van der Waals surface area contributed by atoms with Gasteiger partial charge in [0, 0.05) is 41.5 Å². The number of rotatable bonds is 6. The minimum atomic E-state index is -2.82. The third-order valence-corrected chi connectivity index (χ3v) is 7.29. The van der Waals surface area contributed by atoms with Crippen LogP contribution in [0.2, 0.25) is 0 Å². The molecule has 0 bridgehead atoms. The lowest BCUT2D eigenvalue weighted by Gasteiger charge is -2.31. The van der Waals surface area contributed by atoms with Gasteiger partial charge in [0.15, 0.2) is 5.01 Å². The Bertz CT molecular complexity index is 1110. The molecule has 8 nitrogen and oxygen atoms in total. The molecule has 2 amide bonds. The number of carbonyl (C=O) groups is 2. The second kappa shape index (κ2) is 9.77. The lowest BCUT2D eigenvalue weighted by Crippen LogP contribution is -2.46. The van der Waals surface area contributed by atoms with Crippen LogP contribution in [-0.2, 0) is 0 Å².